The number of aliphatic imine (C=N–C) groups is 1. The number of halogens is 1. The summed E-state index contributed by atoms with van der Waals surface area (Å²) in [6.45, 7) is 6.94. The lowest BCUT2D eigenvalue weighted by atomic mass is 10.1. The summed E-state index contributed by atoms with van der Waals surface area (Å²) in [5, 5.41) is 7.93. The number of fused-ring (bicyclic) bond motifs is 1. The predicted molar refractivity (Wildman–Crippen MR) is 114 cm³/mol. The molecular weight excluding hydrogens is 411 g/mol. The first-order valence-corrected chi connectivity index (χ1v) is 8.70. The lowest BCUT2D eigenvalue weighted by molar-refractivity contribution is 0.717. The molecule has 0 spiro atoms. The second kappa shape index (κ2) is 12.1. The number of unbranched alkanes of at least 4 members (excludes halogenated alkanes) is 2. The Morgan fingerprint density at radius 3 is 2.71 bits per heavy atom. The van der Waals surface area contributed by atoms with Crippen LogP contribution in [0.15, 0.2) is 41.5 Å². The molecule has 2 rings (SSSR count). The lowest BCUT2D eigenvalue weighted by Gasteiger charge is -2.12. The van der Waals surface area contributed by atoms with Crippen LogP contribution in [0, 0.1) is 0 Å². The van der Waals surface area contributed by atoms with E-state index in [0.717, 1.165) is 44.0 Å². The topological polar surface area (TPSA) is 49.3 Å². The van der Waals surface area contributed by atoms with Gasteiger partial charge in [-0.05, 0) is 31.4 Å². The Balaban J connectivity index is 0.00000288. The van der Waals surface area contributed by atoms with Gasteiger partial charge in [-0.3, -0.25) is 9.98 Å². The molecule has 0 fully saturated rings. The fourth-order valence-corrected chi connectivity index (χ4v) is 2.58. The van der Waals surface area contributed by atoms with Gasteiger partial charge in [0.1, 0.15) is 0 Å². The third-order valence-electron chi connectivity index (χ3n) is 3.78. The van der Waals surface area contributed by atoms with Gasteiger partial charge in [0.15, 0.2) is 5.96 Å². The van der Waals surface area contributed by atoms with Gasteiger partial charge in [0.2, 0.25) is 0 Å². The van der Waals surface area contributed by atoms with Crippen LogP contribution in [0.2, 0.25) is 0 Å². The van der Waals surface area contributed by atoms with Gasteiger partial charge < -0.3 is 10.6 Å². The number of benzene rings is 1. The first-order chi connectivity index (χ1) is 11.3. The molecule has 24 heavy (non-hydrogen) atoms. The van der Waals surface area contributed by atoms with Gasteiger partial charge in [-0.15, -0.1) is 24.0 Å². The van der Waals surface area contributed by atoms with Crippen LogP contribution in [0.5, 0.6) is 0 Å². The zero-order valence-electron chi connectivity index (χ0n) is 14.7. The van der Waals surface area contributed by atoms with Crippen molar-refractivity contribution in [3.8, 4) is 0 Å². The van der Waals surface area contributed by atoms with Crippen LogP contribution in [0.1, 0.15) is 38.7 Å². The van der Waals surface area contributed by atoms with E-state index in [1.165, 1.54) is 23.8 Å². The molecule has 1 aromatic carbocycles. The van der Waals surface area contributed by atoms with Crippen molar-refractivity contribution in [1.29, 1.82) is 0 Å². The molecule has 0 amide bonds. The first kappa shape index (κ1) is 20.7. The number of rotatable bonds is 8. The maximum absolute atomic E-state index is 4.62. The number of guanidine groups is 1. The molecule has 0 aliphatic carbocycles. The summed E-state index contributed by atoms with van der Waals surface area (Å²) >= 11 is 0. The quantitative estimate of drug-likeness (QED) is 0.281. The van der Waals surface area contributed by atoms with Crippen LogP contribution in [0.3, 0.4) is 0 Å². The summed E-state index contributed by atoms with van der Waals surface area (Å²) in [6, 6.07) is 10.5. The molecule has 0 atom stereocenters. The first-order valence-electron chi connectivity index (χ1n) is 8.70. The molecule has 0 aliphatic rings. The zero-order chi connectivity index (χ0) is 16.3. The molecule has 4 nitrogen and oxygen atoms in total. The van der Waals surface area contributed by atoms with E-state index in [2.05, 4.69) is 58.7 Å². The molecule has 0 bridgehead atoms. The highest BCUT2D eigenvalue weighted by Gasteiger charge is 2.02. The molecule has 0 aliphatic heterocycles. The van der Waals surface area contributed by atoms with Gasteiger partial charge in [-0.25, -0.2) is 0 Å². The molecule has 0 saturated carbocycles. The zero-order valence-corrected chi connectivity index (χ0v) is 17.0. The smallest absolute Gasteiger partial charge is 0.191 e. The SMILES string of the molecule is CCCCCN=C(NCC)NCCc1cccc2cccnc12.I. The Kier molecular flexibility index (Phi) is 10.4. The van der Waals surface area contributed by atoms with E-state index in [1.807, 2.05) is 12.3 Å². The van der Waals surface area contributed by atoms with Gasteiger partial charge in [-0.1, -0.05) is 44.0 Å². The highest BCUT2D eigenvalue weighted by atomic mass is 127. The van der Waals surface area contributed by atoms with Gasteiger partial charge in [0.25, 0.3) is 0 Å². The number of nitrogens with zero attached hydrogens (tertiary/aromatic N) is 2. The van der Waals surface area contributed by atoms with Crippen molar-refractivity contribution in [2.75, 3.05) is 19.6 Å². The molecule has 2 N–H and O–H groups in total. The largest absolute Gasteiger partial charge is 0.357 e. The van der Waals surface area contributed by atoms with Gasteiger partial charge >= 0.3 is 0 Å². The number of hydrogen-bond acceptors (Lipinski definition) is 2. The molecular formula is C19H29IN4. The number of hydrogen-bond donors (Lipinski definition) is 2. The summed E-state index contributed by atoms with van der Waals surface area (Å²) in [6.07, 6.45) is 6.42. The van der Waals surface area contributed by atoms with E-state index < -0.39 is 0 Å². The second-order valence-corrected chi connectivity index (χ2v) is 5.64. The van der Waals surface area contributed by atoms with Gasteiger partial charge in [0.05, 0.1) is 5.52 Å². The minimum absolute atomic E-state index is 0. The van der Waals surface area contributed by atoms with Crippen LogP contribution >= 0.6 is 24.0 Å². The molecule has 132 valence electrons. The van der Waals surface area contributed by atoms with Gasteiger partial charge in [0, 0.05) is 31.2 Å². The van der Waals surface area contributed by atoms with Crippen molar-refractivity contribution < 1.29 is 0 Å². The predicted octanol–water partition coefficient (Wildman–Crippen LogP) is 4.14. The van der Waals surface area contributed by atoms with Crippen LogP contribution < -0.4 is 10.6 Å². The third-order valence-corrected chi connectivity index (χ3v) is 3.78. The van der Waals surface area contributed by atoms with Crippen molar-refractivity contribution in [3.05, 3.63) is 42.1 Å². The Labute approximate surface area is 162 Å². The standard InChI is InChI=1S/C19H28N4.HI/c1-3-5-6-13-22-19(20-4-2)23-15-12-17-10-7-9-16-11-8-14-21-18(16)17;/h7-11,14H,3-6,12-13,15H2,1-2H3,(H2,20,22,23);1H. The fourth-order valence-electron chi connectivity index (χ4n) is 2.58. The van der Waals surface area contributed by atoms with E-state index in [9.17, 15) is 0 Å². The van der Waals surface area contributed by atoms with Crippen molar-refractivity contribution in [2.45, 2.75) is 39.5 Å². The normalized spacial score (nSPS) is 11.2. The molecule has 1 heterocycles. The highest BCUT2D eigenvalue weighted by molar-refractivity contribution is 14.0. The van der Waals surface area contributed by atoms with E-state index >= 15 is 0 Å². The maximum Gasteiger partial charge on any atom is 0.191 e. The minimum atomic E-state index is 0. The van der Waals surface area contributed by atoms with Crippen molar-refractivity contribution in [1.82, 2.24) is 15.6 Å². The summed E-state index contributed by atoms with van der Waals surface area (Å²) < 4.78 is 0. The van der Waals surface area contributed by atoms with Crippen LogP contribution in [-0.4, -0.2) is 30.6 Å². The van der Waals surface area contributed by atoms with Crippen molar-refractivity contribution >= 4 is 40.8 Å². The van der Waals surface area contributed by atoms with Crippen LogP contribution in [0.25, 0.3) is 10.9 Å². The van der Waals surface area contributed by atoms with Crippen molar-refractivity contribution in [2.24, 2.45) is 4.99 Å². The van der Waals surface area contributed by atoms with Crippen LogP contribution in [-0.2, 0) is 6.42 Å². The summed E-state index contributed by atoms with van der Waals surface area (Å²) in [4.78, 5) is 9.13. The second-order valence-electron chi connectivity index (χ2n) is 5.64. The third kappa shape index (κ3) is 6.63. The van der Waals surface area contributed by atoms with Crippen molar-refractivity contribution in [3.63, 3.8) is 0 Å². The Bertz CT molecular complexity index is 622. The summed E-state index contributed by atoms with van der Waals surface area (Å²) in [7, 11) is 0. The molecule has 1 aromatic heterocycles. The molecule has 2 aromatic rings. The van der Waals surface area contributed by atoms with E-state index in [-0.39, 0.29) is 24.0 Å². The number of pyridine rings is 1. The molecule has 0 saturated heterocycles. The van der Waals surface area contributed by atoms with Crippen LogP contribution in [0.4, 0.5) is 0 Å². The average Bonchev–Trinajstić information content (AvgIpc) is 2.59. The maximum atomic E-state index is 4.62. The fraction of sp³-hybridized carbons (Fsp3) is 0.474. The molecule has 0 radical (unpaired) electrons. The van der Waals surface area contributed by atoms with Gasteiger partial charge in [-0.2, -0.15) is 0 Å². The monoisotopic (exact) mass is 440 g/mol. The Hall–Kier alpha value is -1.37. The summed E-state index contributed by atoms with van der Waals surface area (Å²) in [5.74, 6) is 0.914. The summed E-state index contributed by atoms with van der Waals surface area (Å²) in [5.41, 5.74) is 2.37. The minimum Gasteiger partial charge on any atom is -0.357 e. The Morgan fingerprint density at radius 1 is 1.08 bits per heavy atom. The number of nitrogens with one attached hydrogen (secondary N) is 2. The molecule has 0 unspecified atom stereocenters. The highest BCUT2D eigenvalue weighted by Crippen LogP contribution is 2.15. The lowest BCUT2D eigenvalue weighted by Crippen LogP contribution is -2.38. The number of aromatic nitrogens is 1. The average molecular weight is 440 g/mol. The van der Waals surface area contributed by atoms with E-state index in [1.54, 1.807) is 0 Å². The number of para-hydroxylation sites is 1. The van der Waals surface area contributed by atoms with E-state index in [4.69, 9.17) is 0 Å². The molecule has 5 heteroatoms. The van der Waals surface area contributed by atoms with E-state index in [0.29, 0.717) is 0 Å². The Morgan fingerprint density at radius 2 is 1.92 bits per heavy atom.